The average Bonchev–Trinajstić information content (AvgIpc) is 3.02. The second kappa shape index (κ2) is 11.2. The fraction of sp³-hybridized carbons (Fsp3) is 0.192. The van der Waals surface area contributed by atoms with Crippen LogP contribution in [0.2, 0.25) is 0 Å². The van der Waals surface area contributed by atoms with Crippen LogP contribution in [0, 0.1) is 28.7 Å². The second-order valence-corrected chi connectivity index (χ2v) is 8.35. The minimum atomic E-state index is -1.63. The number of Topliss-reactive ketones (excluding diaryl/α,β-unsaturated/α-hetero) is 1. The van der Waals surface area contributed by atoms with Gasteiger partial charge >= 0.3 is 12.2 Å². The first-order valence-corrected chi connectivity index (χ1v) is 11.2. The Morgan fingerprint density at radius 2 is 1.34 bits per heavy atom. The molecular formula is C26H20F4N2O6. The van der Waals surface area contributed by atoms with E-state index in [0.717, 1.165) is 24.3 Å². The van der Waals surface area contributed by atoms with Crippen molar-refractivity contribution in [3.63, 3.8) is 0 Å². The lowest BCUT2D eigenvalue weighted by Gasteiger charge is -2.29. The smallest absolute Gasteiger partial charge is 0.411 e. The van der Waals surface area contributed by atoms with E-state index in [1.54, 1.807) is 18.2 Å². The van der Waals surface area contributed by atoms with Crippen molar-refractivity contribution in [3.05, 3.63) is 89.5 Å². The van der Waals surface area contributed by atoms with Crippen molar-refractivity contribution in [2.75, 3.05) is 30.5 Å². The minimum Gasteiger partial charge on any atom is -0.493 e. The first-order chi connectivity index (χ1) is 18.2. The molecule has 2 N–H and O–H groups in total. The maximum absolute atomic E-state index is 13.9. The number of nitrogens with one attached hydrogen (secondary N) is 2. The van der Waals surface area contributed by atoms with E-state index in [4.69, 9.17) is 14.2 Å². The number of hydrogen-bond donors (Lipinski definition) is 2. The van der Waals surface area contributed by atoms with Crippen molar-refractivity contribution in [2.24, 2.45) is 5.41 Å². The molecule has 4 rings (SSSR count). The summed E-state index contributed by atoms with van der Waals surface area (Å²) in [6, 6.07) is 11.3. The van der Waals surface area contributed by atoms with Crippen molar-refractivity contribution < 1.29 is 46.2 Å². The minimum absolute atomic E-state index is 0.0160. The zero-order valence-electron chi connectivity index (χ0n) is 19.6. The van der Waals surface area contributed by atoms with Gasteiger partial charge in [0, 0.05) is 18.6 Å². The Bertz CT molecular complexity index is 1310. The molecule has 3 aromatic carbocycles. The Kier molecular flexibility index (Phi) is 7.79. The Hall–Kier alpha value is -4.61. The molecule has 1 aliphatic heterocycles. The number of carbonyl (C=O) groups excluding carboxylic acids is 3. The molecule has 0 aromatic heterocycles. The molecule has 38 heavy (non-hydrogen) atoms. The first kappa shape index (κ1) is 26.5. The van der Waals surface area contributed by atoms with E-state index >= 15 is 0 Å². The molecule has 0 radical (unpaired) electrons. The van der Waals surface area contributed by atoms with Crippen LogP contribution in [0.3, 0.4) is 0 Å². The number of para-hydroxylation sites is 1. The van der Waals surface area contributed by atoms with Gasteiger partial charge in [-0.2, -0.15) is 0 Å². The molecule has 0 unspecified atom stereocenters. The molecule has 1 heterocycles. The number of ether oxygens (including phenoxy) is 3. The van der Waals surface area contributed by atoms with Crippen LogP contribution < -0.4 is 15.4 Å². The fourth-order valence-corrected chi connectivity index (χ4v) is 3.73. The summed E-state index contributed by atoms with van der Waals surface area (Å²) in [6.07, 6.45) is -2.37. The highest BCUT2D eigenvalue weighted by atomic mass is 19.1. The van der Waals surface area contributed by atoms with Gasteiger partial charge in [0.25, 0.3) is 0 Å². The number of fused-ring (bicyclic) bond motifs is 1. The second-order valence-electron chi connectivity index (χ2n) is 8.35. The monoisotopic (exact) mass is 532 g/mol. The molecule has 3 aromatic rings. The van der Waals surface area contributed by atoms with E-state index in [2.05, 4.69) is 10.6 Å². The highest BCUT2D eigenvalue weighted by Gasteiger charge is 2.44. The molecule has 0 atom stereocenters. The maximum Gasteiger partial charge on any atom is 0.411 e. The number of halogens is 4. The number of rotatable bonds is 6. The highest BCUT2D eigenvalue weighted by Crippen LogP contribution is 2.36. The predicted molar refractivity (Wildman–Crippen MR) is 126 cm³/mol. The number of hydrogen-bond acceptors (Lipinski definition) is 6. The van der Waals surface area contributed by atoms with Gasteiger partial charge in [-0.3, -0.25) is 15.4 Å². The summed E-state index contributed by atoms with van der Waals surface area (Å²) < 4.78 is 70.1. The zero-order chi connectivity index (χ0) is 27.3. The molecular weight excluding hydrogens is 512 g/mol. The van der Waals surface area contributed by atoms with Crippen LogP contribution in [0.25, 0.3) is 0 Å². The third kappa shape index (κ3) is 6.02. The quantitative estimate of drug-likeness (QED) is 0.396. The average molecular weight is 532 g/mol. The summed E-state index contributed by atoms with van der Waals surface area (Å²) in [4.78, 5) is 38.4. The summed E-state index contributed by atoms with van der Waals surface area (Å²) in [7, 11) is 0. The van der Waals surface area contributed by atoms with Gasteiger partial charge in [-0.25, -0.2) is 27.2 Å². The van der Waals surface area contributed by atoms with Gasteiger partial charge in [0.2, 0.25) is 0 Å². The Morgan fingerprint density at radius 1 is 0.816 bits per heavy atom. The Morgan fingerprint density at radius 3 is 1.87 bits per heavy atom. The molecule has 0 fully saturated rings. The third-order valence-corrected chi connectivity index (χ3v) is 5.75. The van der Waals surface area contributed by atoms with Crippen LogP contribution in [-0.4, -0.2) is 37.8 Å². The van der Waals surface area contributed by atoms with Gasteiger partial charge in [-0.15, -0.1) is 0 Å². The number of amides is 2. The number of anilines is 2. The molecule has 2 amide bonds. The summed E-state index contributed by atoms with van der Waals surface area (Å²) >= 11 is 0. The molecule has 0 bridgehead atoms. The van der Waals surface area contributed by atoms with Crippen LogP contribution >= 0.6 is 0 Å². The first-order valence-electron chi connectivity index (χ1n) is 11.2. The van der Waals surface area contributed by atoms with E-state index in [1.165, 1.54) is 6.07 Å². The molecule has 0 saturated carbocycles. The zero-order valence-corrected chi connectivity index (χ0v) is 19.6. The molecule has 0 spiro atoms. The van der Waals surface area contributed by atoms with Crippen LogP contribution in [0.4, 0.5) is 38.5 Å². The van der Waals surface area contributed by atoms with Gasteiger partial charge in [0.1, 0.15) is 47.6 Å². The van der Waals surface area contributed by atoms with Gasteiger partial charge < -0.3 is 14.2 Å². The van der Waals surface area contributed by atoms with Gasteiger partial charge in [-0.05, 0) is 36.4 Å². The van der Waals surface area contributed by atoms with Crippen LogP contribution in [0.1, 0.15) is 16.8 Å². The van der Waals surface area contributed by atoms with E-state index in [1.807, 2.05) is 0 Å². The van der Waals surface area contributed by atoms with E-state index in [9.17, 15) is 31.9 Å². The topological polar surface area (TPSA) is 103 Å². The molecule has 0 saturated heterocycles. The van der Waals surface area contributed by atoms with Crippen molar-refractivity contribution in [1.82, 2.24) is 0 Å². The summed E-state index contributed by atoms with van der Waals surface area (Å²) in [5.74, 6) is -4.07. The van der Waals surface area contributed by atoms with Gasteiger partial charge in [0.15, 0.2) is 5.78 Å². The summed E-state index contributed by atoms with van der Waals surface area (Å²) in [6.45, 7) is -1.25. The van der Waals surface area contributed by atoms with E-state index < -0.39 is 59.9 Å². The van der Waals surface area contributed by atoms with Gasteiger partial charge in [0.05, 0.1) is 23.5 Å². The largest absolute Gasteiger partial charge is 0.493 e. The van der Waals surface area contributed by atoms with Crippen molar-refractivity contribution >= 4 is 29.3 Å². The lowest BCUT2D eigenvalue weighted by Crippen LogP contribution is -2.43. The fourth-order valence-electron chi connectivity index (χ4n) is 3.73. The predicted octanol–water partition coefficient (Wildman–Crippen LogP) is 5.69. The Balaban J connectivity index is 1.51. The number of carbonyl (C=O) groups is 3. The lowest BCUT2D eigenvalue weighted by atomic mass is 9.79. The molecule has 0 aliphatic carbocycles. The Labute approximate surface area is 213 Å². The third-order valence-electron chi connectivity index (χ3n) is 5.75. The standard InChI is InChI=1S/C26H20F4N2O6/c27-15-5-7-20(18(29)11-15)31-24(34)37-13-26(9-10-36-22-4-2-1-3-17(22)23(26)33)14-38-25(35)32-21-8-6-16(28)12-19(21)30/h1-8,11-12H,9-10,13-14H2,(H,31,34)(H,32,35). The molecule has 198 valence electrons. The lowest BCUT2D eigenvalue weighted by molar-refractivity contribution is 0.0246. The van der Waals surface area contributed by atoms with E-state index in [-0.39, 0.29) is 35.7 Å². The molecule has 1 aliphatic rings. The maximum atomic E-state index is 13.9. The number of benzene rings is 3. The SMILES string of the molecule is O=C(Nc1ccc(F)cc1F)OCC1(COC(=O)Nc2ccc(F)cc2F)CCOc2ccccc2C1=O. The summed E-state index contributed by atoms with van der Waals surface area (Å²) in [5, 5.41) is 4.23. The molecule has 12 heteroatoms. The van der Waals surface area contributed by atoms with Crippen molar-refractivity contribution in [1.29, 1.82) is 0 Å². The summed E-state index contributed by atoms with van der Waals surface area (Å²) in [5.41, 5.74) is -2.21. The van der Waals surface area contributed by atoms with Crippen molar-refractivity contribution in [2.45, 2.75) is 6.42 Å². The van der Waals surface area contributed by atoms with Crippen LogP contribution in [-0.2, 0) is 9.47 Å². The van der Waals surface area contributed by atoms with Crippen LogP contribution in [0.5, 0.6) is 5.75 Å². The van der Waals surface area contributed by atoms with Gasteiger partial charge in [-0.1, -0.05) is 12.1 Å². The highest BCUT2D eigenvalue weighted by molar-refractivity contribution is 6.03. The van der Waals surface area contributed by atoms with Crippen molar-refractivity contribution in [3.8, 4) is 5.75 Å². The number of ketones is 1. The molecule has 8 nitrogen and oxygen atoms in total. The van der Waals surface area contributed by atoms with Crippen LogP contribution in [0.15, 0.2) is 60.7 Å². The van der Waals surface area contributed by atoms with E-state index in [0.29, 0.717) is 12.1 Å². The normalized spacial score (nSPS) is 13.9.